The second kappa shape index (κ2) is 15.3. The summed E-state index contributed by atoms with van der Waals surface area (Å²) in [5.74, 6) is 0. The second-order valence-electron chi connectivity index (χ2n) is 15.3. The highest BCUT2D eigenvalue weighted by Gasteiger charge is 2.20. The van der Waals surface area contributed by atoms with Crippen molar-refractivity contribution in [2.24, 2.45) is 0 Å². The van der Waals surface area contributed by atoms with Crippen LogP contribution in [0.15, 0.2) is 237 Å². The Labute approximate surface area is 354 Å². The normalized spacial score (nSPS) is 11.3. The Morgan fingerprint density at radius 2 is 0.750 bits per heavy atom. The van der Waals surface area contributed by atoms with Crippen molar-refractivity contribution >= 4 is 59.3 Å². The number of thiophene rings is 1. The van der Waals surface area contributed by atoms with Gasteiger partial charge in [0.1, 0.15) is 0 Å². The van der Waals surface area contributed by atoms with Crippen LogP contribution in [0.5, 0.6) is 0 Å². The van der Waals surface area contributed by atoms with E-state index in [0.717, 1.165) is 17.1 Å². The third-order valence-corrected chi connectivity index (χ3v) is 12.8. The van der Waals surface area contributed by atoms with Crippen LogP contribution in [0.25, 0.3) is 86.6 Å². The molecule has 0 atom stereocenters. The highest BCUT2D eigenvalue weighted by atomic mass is 32.1. The summed E-state index contributed by atoms with van der Waals surface area (Å²) < 4.78 is 2.63. The van der Waals surface area contributed by atoms with Gasteiger partial charge in [0.05, 0.1) is 5.69 Å². The first-order valence-corrected chi connectivity index (χ1v) is 21.3. The first kappa shape index (κ1) is 35.6. The van der Waals surface area contributed by atoms with Crippen LogP contribution in [0, 0.1) is 0 Å². The molecule has 0 aliphatic rings. The van der Waals surface area contributed by atoms with Crippen molar-refractivity contribution in [1.82, 2.24) is 0 Å². The van der Waals surface area contributed by atoms with E-state index in [-0.39, 0.29) is 0 Å². The lowest BCUT2D eigenvalue weighted by atomic mass is 9.94. The van der Waals surface area contributed by atoms with E-state index in [4.69, 9.17) is 0 Å². The average molecular weight is 782 g/mol. The Hall–Kier alpha value is -7.52. The van der Waals surface area contributed by atoms with Gasteiger partial charge in [0.2, 0.25) is 0 Å². The molecule has 0 aliphatic carbocycles. The van der Waals surface area contributed by atoms with Gasteiger partial charge in [-0.1, -0.05) is 176 Å². The smallest absolute Gasteiger partial charge is 0.0540 e. The molecule has 2 heteroatoms. The molecule has 0 saturated heterocycles. The molecule has 0 amide bonds. The Balaban J connectivity index is 1.06. The van der Waals surface area contributed by atoms with Crippen LogP contribution >= 0.6 is 11.3 Å². The van der Waals surface area contributed by atoms with Crippen LogP contribution in [-0.4, -0.2) is 0 Å². The predicted octanol–water partition coefficient (Wildman–Crippen LogP) is 17.0. The lowest BCUT2D eigenvalue weighted by Crippen LogP contribution is -2.11. The van der Waals surface area contributed by atoms with Crippen LogP contribution in [0.4, 0.5) is 17.1 Å². The number of hydrogen-bond acceptors (Lipinski definition) is 2. The molecule has 0 fully saturated rings. The summed E-state index contributed by atoms with van der Waals surface area (Å²) in [7, 11) is 0. The van der Waals surface area contributed by atoms with Crippen molar-refractivity contribution in [3.63, 3.8) is 0 Å². The van der Waals surface area contributed by atoms with Crippen molar-refractivity contribution in [3.05, 3.63) is 237 Å². The molecule has 0 radical (unpaired) electrons. The highest BCUT2D eigenvalue weighted by Crippen LogP contribution is 2.45. The summed E-state index contributed by atoms with van der Waals surface area (Å²) in [6, 6.07) is 86.2. The van der Waals surface area contributed by atoms with Crippen molar-refractivity contribution in [2.45, 2.75) is 0 Å². The Bertz CT molecular complexity index is 3290. The lowest BCUT2D eigenvalue weighted by molar-refractivity contribution is 1.28. The van der Waals surface area contributed by atoms with E-state index in [1.807, 2.05) is 11.3 Å². The van der Waals surface area contributed by atoms with Crippen molar-refractivity contribution in [3.8, 4) is 55.6 Å². The number of fused-ring (bicyclic) bond motifs is 4. The molecule has 0 spiro atoms. The lowest BCUT2D eigenvalue weighted by Gasteiger charge is -2.29. The molecule has 0 unspecified atom stereocenters. The Kier molecular flexibility index (Phi) is 9.11. The van der Waals surface area contributed by atoms with Gasteiger partial charge in [0.25, 0.3) is 0 Å². The third kappa shape index (κ3) is 6.63. The summed E-state index contributed by atoms with van der Waals surface area (Å²) >= 11 is 1.86. The minimum Gasteiger partial charge on any atom is -0.310 e. The van der Waals surface area contributed by atoms with Crippen molar-refractivity contribution < 1.29 is 0 Å². The molecule has 11 aromatic rings. The van der Waals surface area contributed by atoms with Gasteiger partial charge in [-0.3, -0.25) is 0 Å². The van der Waals surface area contributed by atoms with Gasteiger partial charge in [0.15, 0.2) is 0 Å². The fourth-order valence-corrected chi connectivity index (χ4v) is 9.74. The largest absolute Gasteiger partial charge is 0.310 e. The van der Waals surface area contributed by atoms with E-state index in [9.17, 15) is 0 Å². The van der Waals surface area contributed by atoms with Crippen LogP contribution in [0.1, 0.15) is 0 Å². The zero-order valence-electron chi connectivity index (χ0n) is 32.9. The molecule has 282 valence electrons. The SMILES string of the molecule is c1ccc(-c2ccccc2-c2ccc(N(c3ccc(-c4ccc5ccccc5c4)cc3)c3ccc(-c4ccc5sc6ccccc6c5c4)cc3-c3ccccc3)cc2)cc1. The maximum absolute atomic E-state index is 2.42. The number of hydrogen-bond donors (Lipinski definition) is 0. The minimum absolute atomic E-state index is 1.09. The number of rotatable bonds is 8. The van der Waals surface area contributed by atoms with Crippen LogP contribution in [-0.2, 0) is 0 Å². The van der Waals surface area contributed by atoms with Crippen molar-refractivity contribution in [2.75, 3.05) is 4.90 Å². The third-order valence-electron chi connectivity index (χ3n) is 11.7. The molecule has 10 aromatic carbocycles. The minimum atomic E-state index is 1.09. The van der Waals surface area contributed by atoms with Crippen LogP contribution in [0.2, 0.25) is 0 Å². The Morgan fingerprint density at radius 1 is 0.267 bits per heavy atom. The zero-order chi connectivity index (χ0) is 39.8. The van der Waals surface area contributed by atoms with E-state index in [2.05, 4.69) is 241 Å². The molecule has 0 saturated carbocycles. The number of nitrogens with zero attached hydrogens (tertiary/aromatic N) is 1. The van der Waals surface area contributed by atoms with Gasteiger partial charge < -0.3 is 4.90 Å². The number of benzene rings is 10. The molecule has 1 nitrogen and oxygen atoms in total. The zero-order valence-corrected chi connectivity index (χ0v) is 33.7. The van der Waals surface area contributed by atoms with Crippen LogP contribution in [0.3, 0.4) is 0 Å². The maximum Gasteiger partial charge on any atom is 0.0540 e. The summed E-state index contributed by atoms with van der Waals surface area (Å²) in [6.07, 6.45) is 0. The summed E-state index contributed by atoms with van der Waals surface area (Å²) in [6.45, 7) is 0. The van der Waals surface area contributed by atoms with Gasteiger partial charge in [-0.2, -0.15) is 0 Å². The summed E-state index contributed by atoms with van der Waals surface area (Å²) in [5, 5.41) is 5.11. The fraction of sp³-hybridized carbons (Fsp3) is 0. The molecule has 1 aromatic heterocycles. The van der Waals surface area contributed by atoms with Crippen LogP contribution < -0.4 is 4.90 Å². The first-order valence-electron chi connectivity index (χ1n) is 20.5. The van der Waals surface area contributed by atoms with E-state index in [0.29, 0.717) is 0 Å². The monoisotopic (exact) mass is 781 g/mol. The quantitative estimate of drug-likeness (QED) is 0.148. The van der Waals surface area contributed by atoms with Gasteiger partial charge >= 0.3 is 0 Å². The fourth-order valence-electron chi connectivity index (χ4n) is 8.66. The van der Waals surface area contributed by atoms with E-state index < -0.39 is 0 Å². The summed E-state index contributed by atoms with van der Waals surface area (Å²) in [5.41, 5.74) is 15.3. The predicted molar refractivity (Wildman–Crippen MR) is 259 cm³/mol. The Morgan fingerprint density at radius 3 is 1.47 bits per heavy atom. The topological polar surface area (TPSA) is 3.24 Å². The molecule has 11 rings (SSSR count). The molecule has 0 bridgehead atoms. The standard InChI is InChI=1S/C58H39NS/c1-3-14-42(15-4-1)51-19-9-10-20-52(51)44-27-33-50(34-28-44)59(49-31-25-41(26-32-49)46-24-23-40-13-7-8-18-45(40)37-46)56-35-29-47(38-54(56)43-16-5-2-6-17-43)48-30-36-58-55(39-48)53-21-11-12-22-57(53)60-58/h1-39H. The molecule has 1 heterocycles. The van der Waals surface area contributed by atoms with Crippen molar-refractivity contribution in [1.29, 1.82) is 0 Å². The van der Waals surface area contributed by atoms with Gasteiger partial charge in [-0.15, -0.1) is 11.3 Å². The van der Waals surface area contributed by atoms with Gasteiger partial charge in [-0.05, 0) is 122 Å². The van der Waals surface area contributed by atoms with E-state index in [1.54, 1.807) is 0 Å². The molecule has 0 N–H and O–H groups in total. The van der Waals surface area contributed by atoms with Gasteiger partial charge in [-0.25, -0.2) is 0 Å². The van der Waals surface area contributed by atoms with E-state index >= 15 is 0 Å². The highest BCUT2D eigenvalue weighted by molar-refractivity contribution is 7.25. The molecule has 0 aliphatic heterocycles. The maximum atomic E-state index is 2.42. The number of anilines is 3. The molecule has 60 heavy (non-hydrogen) atoms. The average Bonchev–Trinajstić information content (AvgIpc) is 3.71. The van der Waals surface area contributed by atoms with E-state index in [1.165, 1.54) is 86.6 Å². The first-order chi connectivity index (χ1) is 29.7. The summed E-state index contributed by atoms with van der Waals surface area (Å²) in [4.78, 5) is 2.42. The molecular weight excluding hydrogens is 743 g/mol. The molecular formula is C58H39NS. The second-order valence-corrected chi connectivity index (χ2v) is 16.4. The van der Waals surface area contributed by atoms with Gasteiger partial charge in [0, 0.05) is 37.1 Å².